The molecule has 0 saturated heterocycles. The van der Waals surface area contributed by atoms with Crippen LogP contribution in [0.1, 0.15) is 12.5 Å². The van der Waals surface area contributed by atoms with E-state index in [1.807, 2.05) is 30.3 Å². The molecule has 0 spiro atoms. The van der Waals surface area contributed by atoms with Crippen LogP contribution in [0.2, 0.25) is 10.0 Å². The highest BCUT2D eigenvalue weighted by Crippen LogP contribution is 2.25. The smallest absolute Gasteiger partial charge is 0.268 e. The van der Waals surface area contributed by atoms with Gasteiger partial charge in [0.2, 0.25) is 6.10 Å². The van der Waals surface area contributed by atoms with Gasteiger partial charge in [0.15, 0.2) is 0 Å². The molecule has 1 N–H and O–H groups in total. The lowest BCUT2D eigenvalue weighted by molar-refractivity contribution is -0.126. The molecule has 114 valence electrons. The molecule has 2 aromatic carbocycles. The Bertz CT molecular complexity index is 675. The molecule has 0 aliphatic rings. The Kier molecular flexibility index (Phi) is 5.81. The molecule has 0 unspecified atom stereocenters. The molecule has 22 heavy (non-hydrogen) atoms. The van der Waals surface area contributed by atoms with Gasteiger partial charge in [-0.3, -0.25) is 4.79 Å². The molecule has 0 heterocycles. The Morgan fingerprint density at radius 1 is 1.23 bits per heavy atom. The number of oxime groups is 1. The van der Waals surface area contributed by atoms with E-state index >= 15 is 0 Å². The fraction of sp³-hybridized carbons (Fsp3) is 0.125. The Morgan fingerprint density at radius 2 is 1.95 bits per heavy atom. The predicted octanol–water partition coefficient (Wildman–Crippen LogP) is 4.37. The number of hydrogen-bond acceptors (Lipinski definition) is 3. The van der Waals surface area contributed by atoms with E-state index in [1.165, 1.54) is 6.21 Å². The lowest BCUT2D eigenvalue weighted by Crippen LogP contribution is -2.26. The Hall–Kier alpha value is -2.04. The quantitative estimate of drug-likeness (QED) is 0.651. The molecule has 0 aromatic heterocycles. The molecule has 2 rings (SSSR count). The van der Waals surface area contributed by atoms with Crippen molar-refractivity contribution in [2.24, 2.45) is 5.16 Å². The van der Waals surface area contributed by atoms with Gasteiger partial charge in [-0.1, -0.05) is 58.7 Å². The Labute approximate surface area is 138 Å². The number of nitrogens with one attached hydrogen (secondary N) is 1. The SMILES string of the molecule is C[C@@H](O/N=C\c1ccccc1)C(=O)Nc1cc(Cl)ccc1Cl. The molecular weight excluding hydrogens is 323 g/mol. The third kappa shape index (κ3) is 4.76. The van der Waals surface area contributed by atoms with Crippen molar-refractivity contribution >= 4 is 41.0 Å². The van der Waals surface area contributed by atoms with E-state index in [0.717, 1.165) is 5.56 Å². The lowest BCUT2D eigenvalue weighted by Gasteiger charge is -2.11. The molecule has 0 fully saturated rings. The molecule has 0 aliphatic carbocycles. The largest absolute Gasteiger partial charge is 0.383 e. The Morgan fingerprint density at radius 3 is 2.68 bits per heavy atom. The maximum atomic E-state index is 12.0. The van der Waals surface area contributed by atoms with Crippen molar-refractivity contribution in [3.8, 4) is 0 Å². The molecule has 0 bridgehead atoms. The molecule has 1 atom stereocenters. The van der Waals surface area contributed by atoms with Crippen LogP contribution in [0.3, 0.4) is 0 Å². The number of carbonyl (C=O) groups excluding carboxylic acids is 1. The zero-order chi connectivity index (χ0) is 15.9. The number of amides is 1. The molecule has 0 radical (unpaired) electrons. The summed E-state index contributed by atoms with van der Waals surface area (Å²) in [4.78, 5) is 17.1. The predicted molar refractivity (Wildman–Crippen MR) is 89.7 cm³/mol. The molecule has 6 heteroatoms. The van der Waals surface area contributed by atoms with Crippen LogP contribution in [-0.4, -0.2) is 18.2 Å². The van der Waals surface area contributed by atoms with Crippen molar-refractivity contribution in [3.63, 3.8) is 0 Å². The zero-order valence-electron chi connectivity index (χ0n) is 11.8. The first kappa shape index (κ1) is 16.3. The van der Waals surface area contributed by atoms with Crippen LogP contribution >= 0.6 is 23.2 Å². The van der Waals surface area contributed by atoms with Gasteiger partial charge >= 0.3 is 0 Å². The third-order valence-electron chi connectivity index (χ3n) is 2.78. The average Bonchev–Trinajstić information content (AvgIpc) is 2.52. The molecule has 0 saturated carbocycles. The minimum absolute atomic E-state index is 0.366. The van der Waals surface area contributed by atoms with Crippen molar-refractivity contribution in [2.45, 2.75) is 13.0 Å². The van der Waals surface area contributed by atoms with Gasteiger partial charge in [0.05, 0.1) is 16.9 Å². The van der Waals surface area contributed by atoms with Gasteiger partial charge < -0.3 is 10.2 Å². The minimum atomic E-state index is -0.769. The second-order valence-electron chi connectivity index (χ2n) is 4.51. The summed E-state index contributed by atoms with van der Waals surface area (Å²) in [7, 11) is 0. The zero-order valence-corrected chi connectivity index (χ0v) is 13.3. The van der Waals surface area contributed by atoms with Gasteiger partial charge in [0.25, 0.3) is 5.91 Å². The van der Waals surface area contributed by atoms with Crippen molar-refractivity contribution in [2.75, 3.05) is 5.32 Å². The number of halogens is 2. The minimum Gasteiger partial charge on any atom is -0.383 e. The van der Waals surface area contributed by atoms with E-state index in [9.17, 15) is 4.79 Å². The van der Waals surface area contributed by atoms with Crippen molar-refractivity contribution in [1.29, 1.82) is 0 Å². The summed E-state index contributed by atoms with van der Waals surface area (Å²) in [6.07, 6.45) is 0.769. The summed E-state index contributed by atoms with van der Waals surface area (Å²) in [6.45, 7) is 1.59. The van der Waals surface area contributed by atoms with E-state index in [-0.39, 0.29) is 5.91 Å². The maximum Gasteiger partial charge on any atom is 0.268 e. The standard InChI is InChI=1S/C16H14Cl2N2O2/c1-11(22-19-10-12-5-3-2-4-6-12)16(21)20-15-9-13(17)7-8-14(15)18/h2-11H,1H3,(H,20,21)/b19-10-/t11-/m1/s1. The number of benzene rings is 2. The van der Waals surface area contributed by atoms with Crippen LogP contribution in [0.5, 0.6) is 0 Å². The first-order valence-electron chi connectivity index (χ1n) is 6.56. The molecular formula is C16H14Cl2N2O2. The van der Waals surface area contributed by atoms with E-state index in [4.69, 9.17) is 28.0 Å². The van der Waals surface area contributed by atoms with Crippen LogP contribution < -0.4 is 5.32 Å². The molecule has 4 nitrogen and oxygen atoms in total. The summed E-state index contributed by atoms with van der Waals surface area (Å²) in [6, 6.07) is 14.3. The number of carbonyl (C=O) groups is 1. The van der Waals surface area contributed by atoms with Crippen LogP contribution in [0.15, 0.2) is 53.7 Å². The van der Waals surface area contributed by atoms with Crippen LogP contribution in [0.25, 0.3) is 0 Å². The van der Waals surface area contributed by atoms with Crippen LogP contribution in [0.4, 0.5) is 5.69 Å². The summed E-state index contributed by atoms with van der Waals surface area (Å²) >= 11 is 11.9. The summed E-state index contributed by atoms with van der Waals surface area (Å²) in [5, 5.41) is 7.33. The summed E-state index contributed by atoms with van der Waals surface area (Å²) in [5.74, 6) is -0.366. The van der Waals surface area contributed by atoms with Crippen molar-refractivity contribution in [3.05, 3.63) is 64.1 Å². The average molecular weight is 337 g/mol. The van der Waals surface area contributed by atoms with Gasteiger partial charge in [-0.05, 0) is 30.7 Å². The fourth-order valence-corrected chi connectivity index (χ4v) is 1.93. The topological polar surface area (TPSA) is 50.7 Å². The van der Waals surface area contributed by atoms with Gasteiger partial charge in [-0.25, -0.2) is 0 Å². The van der Waals surface area contributed by atoms with Crippen molar-refractivity contribution in [1.82, 2.24) is 0 Å². The van der Waals surface area contributed by atoms with Crippen molar-refractivity contribution < 1.29 is 9.63 Å². The number of nitrogens with zero attached hydrogens (tertiary/aromatic N) is 1. The van der Waals surface area contributed by atoms with Crippen LogP contribution in [0, 0.1) is 0 Å². The first-order valence-corrected chi connectivity index (χ1v) is 7.32. The van der Waals surface area contributed by atoms with E-state index < -0.39 is 6.10 Å². The third-order valence-corrected chi connectivity index (χ3v) is 3.34. The molecule has 2 aromatic rings. The van der Waals surface area contributed by atoms with E-state index in [1.54, 1.807) is 25.1 Å². The molecule has 0 aliphatic heterocycles. The number of rotatable bonds is 5. The highest BCUT2D eigenvalue weighted by molar-refractivity contribution is 6.35. The fourth-order valence-electron chi connectivity index (χ4n) is 1.60. The monoisotopic (exact) mass is 336 g/mol. The molecule has 1 amide bonds. The van der Waals surface area contributed by atoms with Crippen LogP contribution in [-0.2, 0) is 9.63 Å². The highest BCUT2D eigenvalue weighted by atomic mass is 35.5. The maximum absolute atomic E-state index is 12.0. The normalized spacial score (nSPS) is 12.1. The van der Waals surface area contributed by atoms with E-state index in [0.29, 0.717) is 15.7 Å². The second kappa shape index (κ2) is 7.82. The van der Waals surface area contributed by atoms with Gasteiger partial charge in [-0.15, -0.1) is 0 Å². The summed E-state index contributed by atoms with van der Waals surface area (Å²) in [5.41, 5.74) is 1.31. The van der Waals surface area contributed by atoms with E-state index in [2.05, 4.69) is 10.5 Å². The Balaban J connectivity index is 1.92. The second-order valence-corrected chi connectivity index (χ2v) is 5.35. The number of hydrogen-bond donors (Lipinski definition) is 1. The number of anilines is 1. The lowest BCUT2D eigenvalue weighted by atomic mass is 10.2. The highest BCUT2D eigenvalue weighted by Gasteiger charge is 2.15. The first-order chi connectivity index (χ1) is 10.6. The van der Waals surface area contributed by atoms with Gasteiger partial charge in [0.1, 0.15) is 0 Å². The van der Waals surface area contributed by atoms with Gasteiger partial charge in [-0.2, -0.15) is 0 Å². The summed E-state index contributed by atoms with van der Waals surface area (Å²) < 4.78 is 0. The van der Waals surface area contributed by atoms with Gasteiger partial charge in [0, 0.05) is 5.02 Å².